The fourth-order valence-corrected chi connectivity index (χ4v) is 4.44. The number of rotatable bonds is 11. The van der Waals surface area contributed by atoms with Crippen LogP contribution in [0.2, 0.25) is 0 Å². The van der Waals surface area contributed by atoms with Crippen LogP contribution in [-0.4, -0.2) is 26.3 Å². The van der Waals surface area contributed by atoms with Crippen molar-refractivity contribution in [2.45, 2.75) is 32.9 Å². The zero-order chi connectivity index (χ0) is 25.5. The Morgan fingerprint density at radius 1 is 1.03 bits per heavy atom. The van der Waals surface area contributed by atoms with E-state index in [4.69, 9.17) is 24.4 Å². The molecule has 0 aliphatic rings. The van der Waals surface area contributed by atoms with Crippen molar-refractivity contribution in [1.29, 1.82) is 0 Å². The van der Waals surface area contributed by atoms with Gasteiger partial charge in [-0.15, -0.1) is 0 Å². The maximum atomic E-state index is 12.3. The number of para-hydroxylation sites is 1. The van der Waals surface area contributed by atoms with Crippen molar-refractivity contribution in [3.8, 4) is 16.9 Å². The van der Waals surface area contributed by atoms with E-state index < -0.39 is 0 Å². The van der Waals surface area contributed by atoms with Gasteiger partial charge in [0.1, 0.15) is 23.7 Å². The summed E-state index contributed by atoms with van der Waals surface area (Å²) in [4.78, 5) is 12.3. The topological polar surface area (TPSA) is 83.9 Å². The number of hydrogen-bond acceptors (Lipinski definition) is 6. The quantitative estimate of drug-likeness (QED) is 0.173. The summed E-state index contributed by atoms with van der Waals surface area (Å²) in [7, 11) is 1.62. The van der Waals surface area contributed by atoms with Gasteiger partial charge < -0.3 is 24.4 Å². The molecule has 0 atom stereocenters. The van der Waals surface area contributed by atoms with Crippen LogP contribution in [0.3, 0.4) is 0 Å². The van der Waals surface area contributed by atoms with Crippen LogP contribution in [0.4, 0.5) is 0 Å². The molecule has 7 heteroatoms. The summed E-state index contributed by atoms with van der Waals surface area (Å²) >= 11 is 3.67. The van der Waals surface area contributed by atoms with Gasteiger partial charge >= 0.3 is 5.97 Å². The fraction of sp³-hybridized carbons (Fsp3) is 0.276. The van der Waals surface area contributed by atoms with Gasteiger partial charge in [0, 0.05) is 43.2 Å². The average Bonchev–Trinajstić information content (AvgIpc) is 3.19. The third-order valence-electron chi connectivity index (χ3n) is 5.88. The van der Waals surface area contributed by atoms with E-state index in [0.29, 0.717) is 38.5 Å². The molecule has 188 valence electrons. The number of carbonyl (C=O) groups is 1. The molecule has 0 amide bonds. The van der Waals surface area contributed by atoms with Crippen molar-refractivity contribution in [1.82, 2.24) is 0 Å². The van der Waals surface area contributed by atoms with Crippen molar-refractivity contribution in [2.75, 3.05) is 20.3 Å². The van der Waals surface area contributed by atoms with Gasteiger partial charge in [-0.3, -0.25) is 4.79 Å². The van der Waals surface area contributed by atoms with Crippen molar-refractivity contribution in [3.05, 3.63) is 87.6 Å². The van der Waals surface area contributed by atoms with E-state index in [0.717, 1.165) is 49.0 Å². The summed E-state index contributed by atoms with van der Waals surface area (Å²) < 4.78 is 23.5. The molecule has 0 radical (unpaired) electrons. The molecule has 0 aliphatic carbocycles. The van der Waals surface area contributed by atoms with Gasteiger partial charge in [-0.2, -0.15) is 0 Å². The first-order chi connectivity index (χ1) is 17.5. The highest BCUT2D eigenvalue weighted by Crippen LogP contribution is 2.38. The van der Waals surface area contributed by atoms with E-state index in [2.05, 4.69) is 40.2 Å². The van der Waals surface area contributed by atoms with Crippen LogP contribution in [0.1, 0.15) is 28.9 Å². The van der Waals surface area contributed by atoms with Crippen LogP contribution in [-0.2, 0) is 33.8 Å². The number of esters is 1. The summed E-state index contributed by atoms with van der Waals surface area (Å²) in [6, 6.07) is 19.8. The highest BCUT2D eigenvalue weighted by atomic mass is 79.9. The molecule has 3 aromatic carbocycles. The summed E-state index contributed by atoms with van der Waals surface area (Å²) in [5.74, 6) is 1.18. The molecule has 0 spiro atoms. The van der Waals surface area contributed by atoms with Crippen LogP contribution in [0.15, 0.2) is 69.6 Å². The van der Waals surface area contributed by atoms with E-state index in [1.54, 1.807) is 7.11 Å². The highest BCUT2D eigenvalue weighted by Gasteiger charge is 2.17. The number of fused-ring (bicyclic) bond motifs is 1. The lowest BCUT2D eigenvalue weighted by atomic mass is 9.99. The van der Waals surface area contributed by atoms with Gasteiger partial charge in [0.25, 0.3) is 0 Å². The molecule has 0 saturated heterocycles. The Labute approximate surface area is 219 Å². The number of ether oxygens (including phenoxy) is 3. The second-order valence-corrected chi connectivity index (χ2v) is 9.33. The van der Waals surface area contributed by atoms with Crippen LogP contribution in [0, 0.1) is 6.92 Å². The van der Waals surface area contributed by atoms with Gasteiger partial charge in [0.05, 0.1) is 17.5 Å². The van der Waals surface area contributed by atoms with Crippen LogP contribution in [0.25, 0.3) is 22.1 Å². The molecular formula is C29H30BrNO5. The minimum Gasteiger partial charge on any atom is -0.489 e. The largest absolute Gasteiger partial charge is 0.489 e. The van der Waals surface area contributed by atoms with E-state index in [1.165, 1.54) is 0 Å². The summed E-state index contributed by atoms with van der Waals surface area (Å²) in [6.07, 6.45) is 0.814. The monoisotopic (exact) mass is 551 g/mol. The standard InChI is InChI=1S/C29H30BrNO5/c1-19-28(30)25-15-21(14-24(29(25)36-19)22-9-5-7-20(13-22)17-31)18-35-26-10-4-3-8-23(26)16-27(32)34-12-6-11-33-2/h3-5,7-10,13-15H,6,11-12,16-18,31H2,1-2H3. The van der Waals surface area contributed by atoms with Crippen molar-refractivity contribution in [2.24, 2.45) is 5.73 Å². The SMILES string of the molecule is COCCCOC(=O)Cc1ccccc1OCc1cc(-c2cccc(CN)c2)c2oc(C)c(Br)c2c1. The number of furan rings is 1. The van der Waals surface area contributed by atoms with Gasteiger partial charge in [-0.05, 0) is 63.8 Å². The maximum absolute atomic E-state index is 12.3. The Morgan fingerprint density at radius 2 is 1.86 bits per heavy atom. The lowest BCUT2D eigenvalue weighted by molar-refractivity contribution is -0.143. The van der Waals surface area contributed by atoms with E-state index in [9.17, 15) is 4.79 Å². The molecule has 0 aliphatic heterocycles. The molecule has 4 aromatic rings. The van der Waals surface area contributed by atoms with Crippen molar-refractivity contribution in [3.63, 3.8) is 0 Å². The predicted molar refractivity (Wildman–Crippen MR) is 144 cm³/mol. The van der Waals surface area contributed by atoms with Crippen molar-refractivity contribution < 1.29 is 23.4 Å². The van der Waals surface area contributed by atoms with E-state index in [-0.39, 0.29) is 12.4 Å². The Balaban J connectivity index is 1.57. The van der Waals surface area contributed by atoms with Crippen LogP contribution in [0.5, 0.6) is 5.75 Å². The minimum absolute atomic E-state index is 0.145. The van der Waals surface area contributed by atoms with Gasteiger partial charge in [0.2, 0.25) is 0 Å². The number of hydrogen-bond donors (Lipinski definition) is 1. The molecule has 0 unspecified atom stereocenters. The first-order valence-electron chi connectivity index (χ1n) is 11.9. The molecule has 0 bridgehead atoms. The predicted octanol–water partition coefficient (Wildman–Crippen LogP) is 6.33. The van der Waals surface area contributed by atoms with E-state index in [1.807, 2.05) is 43.3 Å². The number of halogens is 1. The Bertz CT molecular complexity index is 1350. The van der Waals surface area contributed by atoms with Gasteiger partial charge in [-0.25, -0.2) is 0 Å². The number of benzene rings is 3. The van der Waals surface area contributed by atoms with Crippen LogP contribution < -0.4 is 10.5 Å². The number of carbonyl (C=O) groups excluding carboxylic acids is 1. The third-order valence-corrected chi connectivity index (χ3v) is 6.87. The van der Waals surface area contributed by atoms with Gasteiger partial charge in [-0.1, -0.05) is 36.4 Å². The second-order valence-electron chi connectivity index (χ2n) is 8.54. The fourth-order valence-electron chi connectivity index (χ4n) is 4.06. The highest BCUT2D eigenvalue weighted by molar-refractivity contribution is 9.10. The summed E-state index contributed by atoms with van der Waals surface area (Å²) in [5, 5.41) is 0.981. The molecule has 0 saturated carbocycles. The molecule has 2 N–H and O–H groups in total. The molecule has 4 rings (SSSR count). The zero-order valence-electron chi connectivity index (χ0n) is 20.5. The Hall–Kier alpha value is -3.13. The number of methoxy groups -OCH3 is 1. The van der Waals surface area contributed by atoms with Crippen molar-refractivity contribution >= 4 is 32.9 Å². The normalized spacial score (nSPS) is 11.1. The summed E-state index contributed by atoms with van der Waals surface area (Å²) in [5.41, 5.74) is 11.5. The number of nitrogens with two attached hydrogens (primary N) is 1. The summed E-state index contributed by atoms with van der Waals surface area (Å²) in [6.45, 7) is 3.62. The number of aryl methyl sites for hydroxylation is 1. The molecule has 36 heavy (non-hydrogen) atoms. The Morgan fingerprint density at radius 3 is 2.67 bits per heavy atom. The molecule has 1 aromatic heterocycles. The second kappa shape index (κ2) is 12.2. The average molecular weight is 552 g/mol. The smallest absolute Gasteiger partial charge is 0.310 e. The molecular weight excluding hydrogens is 522 g/mol. The van der Waals surface area contributed by atoms with Gasteiger partial charge in [0.15, 0.2) is 0 Å². The lowest BCUT2D eigenvalue weighted by Crippen LogP contribution is -2.11. The molecule has 0 fully saturated rings. The van der Waals surface area contributed by atoms with Crippen LogP contribution >= 0.6 is 15.9 Å². The lowest BCUT2D eigenvalue weighted by Gasteiger charge is -2.13. The first-order valence-corrected chi connectivity index (χ1v) is 12.7. The molecule has 6 nitrogen and oxygen atoms in total. The first kappa shape index (κ1) is 25.9. The minimum atomic E-state index is -0.288. The van der Waals surface area contributed by atoms with E-state index >= 15 is 0 Å². The molecule has 1 heterocycles. The third kappa shape index (κ3) is 6.16. The zero-order valence-corrected chi connectivity index (χ0v) is 22.1. The Kier molecular flexibility index (Phi) is 8.80. The maximum Gasteiger partial charge on any atom is 0.310 e.